The molecule has 2 rings (SSSR count). The minimum atomic E-state index is 0.246. The molecule has 2 nitrogen and oxygen atoms in total. The van der Waals surface area contributed by atoms with E-state index in [9.17, 15) is 4.79 Å². The van der Waals surface area contributed by atoms with Crippen molar-refractivity contribution >= 4 is 21.7 Å². The van der Waals surface area contributed by atoms with E-state index in [0.717, 1.165) is 28.1 Å². The average molecular weight is 325 g/mol. The molecule has 1 aliphatic rings. The largest absolute Gasteiger partial charge is 0.493 e. The molecule has 1 aromatic rings. The van der Waals surface area contributed by atoms with Crippen LogP contribution in [-0.2, 0) is 0 Å². The van der Waals surface area contributed by atoms with E-state index in [2.05, 4.69) is 15.9 Å². The molecule has 104 valence electrons. The Morgan fingerprint density at radius 1 is 1.37 bits per heavy atom. The first kappa shape index (κ1) is 14.6. The summed E-state index contributed by atoms with van der Waals surface area (Å²) in [5.41, 5.74) is 0.785. The van der Waals surface area contributed by atoms with Gasteiger partial charge in [-0.1, -0.05) is 25.7 Å². The van der Waals surface area contributed by atoms with Gasteiger partial charge in [0.2, 0.25) is 0 Å². The second-order valence-corrected chi connectivity index (χ2v) is 6.04. The SMILES string of the molecule is CCOc1ccc(C(=O)CCC2CCCC2)cc1Br. The highest BCUT2D eigenvalue weighted by atomic mass is 79.9. The molecule has 0 radical (unpaired) electrons. The van der Waals surface area contributed by atoms with E-state index in [0.29, 0.717) is 13.0 Å². The zero-order chi connectivity index (χ0) is 13.7. The second-order valence-electron chi connectivity index (χ2n) is 5.19. The fraction of sp³-hybridized carbons (Fsp3) is 0.562. The molecule has 0 spiro atoms. The number of carbonyl (C=O) groups excluding carboxylic acids is 1. The van der Waals surface area contributed by atoms with Crippen LogP contribution in [0.1, 0.15) is 55.8 Å². The normalized spacial score (nSPS) is 15.7. The van der Waals surface area contributed by atoms with Gasteiger partial charge in [0.15, 0.2) is 5.78 Å². The molecule has 0 aromatic heterocycles. The molecule has 0 atom stereocenters. The number of ether oxygens (including phenoxy) is 1. The monoisotopic (exact) mass is 324 g/mol. The molecule has 0 unspecified atom stereocenters. The number of rotatable bonds is 6. The van der Waals surface area contributed by atoms with E-state index in [4.69, 9.17) is 4.74 Å². The second kappa shape index (κ2) is 7.09. The summed E-state index contributed by atoms with van der Waals surface area (Å²) in [5.74, 6) is 1.82. The van der Waals surface area contributed by atoms with Crippen LogP contribution in [0.15, 0.2) is 22.7 Å². The lowest BCUT2D eigenvalue weighted by molar-refractivity contribution is 0.0974. The summed E-state index contributed by atoms with van der Waals surface area (Å²) in [6, 6.07) is 5.62. The highest BCUT2D eigenvalue weighted by Crippen LogP contribution is 2.30. The molecule has 0 N–H and O–H groups in total. The van der Waals surface area contributed by atoms with Gasteiger partial charge in [-0.25, -0.2) is 0 Å². The number of hydrogen-bond acceptors (Lipinski definition) is 2. The van der Waals surface area contributed by atoms with Crippen molar-refractivity contribution in [2.75, 3.05) is 6.61 Å². The summed E-state index contributed by atoms with van der Waals surface area (Å²) in [6.07, 6.45) is 7.01. The zero-order valence-corrected chi connectivity index (χ0v) is 13.0. The van der Waals surface area contributed by atoms with Crippen molar-refractivity contribution in [2.45, 2.75) is 45.4 Å². The summed E-state index contributed by atoms with van der Waals surface area (Å²) < 4.78 is 6.32. The number of Topliss-reactive ketones (excluding diaryl/α,β-unsaturated/α-hetero) is 1. The minimum Gasteiger partial charge on any atom is -0.493 e. The van der Waals surface area contributed by atoms with Gasteiger partial charge in [-0.3, -0.25) is 4.79 Å². The molecule has 0 amide bonds. The molecule has 1 aromatic carbocycles. The first-order valence-corrected chi connectivity index (χ1v) is 7.95. The molecule has 0 heterocycles. The Kier molecular flexibility index (Phi) is 5.44. The van der Waals surface area contributed by atoms with Gasteiger partial charge in [-0.2, -0.15) is 0 Å². The van der Waals surface area contributed by atoms with Gasteiger partial charge in [0.05, 0.1) is 11.1 Å². The third-order valence-corrected chi connectivity index (χ3v) is 4.43. The van der Waals surface area contributed by atoms with Crippen LogP contribution in [0.5, 0.6) is 5.75 Å². The summed E-state index contributed by atoms with van der Waals surface area (Å²) in [5, 5.41) is 0. The predicted molar refractivity (Wildman–Crippen MR) is 80.8 cm³/mol. The van der Waals surface area contributed by atoms with Gasteiger partial charge in [-0.05, 0) is 53.4 Å². The maximum atomic E-state index is 12.2. The Bertz CT molecular complexity index is 436. The lowest BCUT2D eigenvalue weighted by Gasteiger charge is -2.09. The van der Waals surface area contributed by atoms with E-state index in [-0.39, 0.29) is 5.78 Å². The molecular formula is C16H21BrO2. The molecule has 19 heavy (non-hydrogen) atoms. The first-order valence-electron chi connectivity index (χ1n) is 7.16. The van der Waals surface area contributed by atoms with E-state index in [1.54, 1.807) is 0 Å². The van der Waals surface area contributed by atoms with Crippen molar-refractivity contribution < 1.29 is 9.53 Å². The van der Waals surface area contributed by atoms with Crippen molar-refractivity contribution in [3.63, 3.8) is 0 Å². The van der Waals surface area contributed by atoms with E-state index in [1.165, 1.54) is 25.7 Å². The summed E-state index contributed by atoms with van der Waals surface area (Å²) >= 11 is 3.46. The third kappa shape index (κ3) is 4.07. The average Bonchev–Trinajstić information content (AvgIpc) is 2.91. The van der Waals surface area contributed by atoms with Gasteiger partial charge >= 0.3 is 0 Å². The molecule has 0 bridgehead atoms. The van der Waals surface area contributed by atoms with Crippen LogP contribution in [0, 0.1) is 5.92 Å². The van der Waals surface area contributed by atoms with Gasteiger partial charge in [0, 0.05) is 12.0 Å². The molecular weight excluding hydrogens is 304 g/mol. The highest BCUT2D eigenvalue weighted by molar-refractivity contribution is 9.10. The van der Waals surface area contributed by atoms with Gasteiger partial charge in [0.1, 0.15) is 5.75 Å². The number of hydrogen-bond donors (Lipinski definition) is 0. The van der Waals surface area contributed by atoms with Crippen molar-refractivity contribution in [3.05, 3.63) is 28.2 Å². The lowest BCUT2D eigenvalue weighted by Crippen LogP contribution is -2.03. The molecule has 0 aliphatic heterocycles. The van der Waals surface area contributed by atoms with Crippen LogP contribution in [-0.4, -0.2) is 12.4 Å². The van der Waals surface area contributed by atoms with Gasteiger partial charge < -0.3 is 4.74 Å². The van der Waals surface area contributed by atoms with Crippen LogP contribution in [0.3, 0.4) is 0 Å². The van der Waals surface area contributed by atoms with Gasteiger partial charge in [-0.15, -0.1) is 0 Å². The Morgan fingerprint density at radius 2 is 2.11 bits per heavy atom. The van der Waals surface area contributed by atoms with Crippen molar-refractivity contribution in [1.82, 2.24) is 0 Å². The van der Waals surface area contributed by atoms with Crippen LogP contribution >= 0.6 is 15.9 Å². The zero-order valence-electron chi connectivity index (χ0n) is 11.5. The minimum absolute atomic E-state index is 0.246. The summed E-state index contributed by atoms with van der Waals surface area (Å²) in [7, 11) is 0. The van der Waals surface area contributed by atoms with E-state index in [1.807, 2.05) is 25.1 Å². The van der Waals surface area contributed by atoms with Crippen molar-refractivity contribution in [1.29, 1.82) is 0 Å². The fourth-order valence-electron chi connectivity index (χ4n) is 2.73. The number of halogens is 1. The molecule has 1 saturated carbocycles. The Labute approximate surface area is 123 Å². The maximum Gasteiger partial charge on any atom is 0.162 e. The van der Waals surface area contributed by atoms with Crippen LogP contribution in [0.2, 0.25) is 0 Å². The Balaban J connectivity index is 1.92. The quantitative estimate of drug-likeness (QED) is 0.688. The van der Waals surface area contributed by atoms with Crippen LogP contribution < -0.4 is 4.74 Å². The van der Waals surface area contributed by atoms with Crippen LogP contribution in [0.4, 0.5) is 0 Å². The predicted octanol–water partition coefficient (Wildman–Crippen LogP) is 5.00. The number of ketones is 1. The standard InChI is InChI=1S/C16H21BrO2/c1-2-19-16-10-8-13(11-14(16)17)15(18)9-7-12-5-3-4-6-12/h8,10-12H,2-7,9H2,1H3. The van der Waals surface area contributed by atoms with Crippen molar-refractivity contribution in [3.8, 4) is 5.75 Å². The summed E-state index contributed by atoms with van der Waals surface area (Å²) in [4.78, 5) is 12.2. The van der Waals surface area contributed by atoms with Crippen molar-refractivity contribution in [2.24, 2.45) is 5.92 Å². The Hall–Kier alpha value is -0.830. The lowest BCUT2D eigenvalue weighted by atomic mass is 9.97. The smallest absolute Gasteiger partial charge is 0.162 e. The number of benzene rings is 1. The molecule has 1 aliphatic carbocycles. The van der Waals surface area contributed by atoms with Crippen LogP contribution in [0.25, 0.3) is 0 Å². The molecule has 3 heteroatoms. The first-order chi connectivity index (χ1) is 9.20. The fourth-order valence-corrected chi connectivity index (χ4v) is 3.22. The highest BCUT2D eigenvalue weighted by Gasteiger charge is 2.17. The third-order valence-electron chi connectivity index (χ3n) is 3.81. The van der Waals surface area contributed by atoms with E-state index < -0.39 is 0 Å². The maximum absolute atomic E-state index is 12.2. The summed E-state index contributed by atoms with van der Waals surface area (Å²) in [6.45, 7) is 2.58. The topological polar surface area (TPSA) is 26.3 Å². The van der Waals surface area contributed by atoms with Gasteiger partial charge in [0.25, 0.3) is 0 Å². The van der Waals surface area contributed by atoms with E-state index >= 15 is 0 Å². The number of carbonyl (C=O) groups is 1. The molecule has 0 saturated heterocycles. The molecule has 1 fully saturated rings. The Morgan fingerprint density at radius 3 is 2.74 bits per heavy atom.